The van der Waals surface area contributed by atoms with Gasteiger partial charge in [-0.2, -0.15) is 0 Å². The first kappa shape index (κ1) is 13.8. The fourth-order valence-electron chi connectivity index (χ4n) is 2.04. The highest BCUT2D eigenvalue weighted by Crippen LogP contribution is 2.20. The minimum absolute atomic E-state index is 0.136. The Morgan fingerprint density at radius 2 is 2.24 bits per heavy atom. The Bertz CT molecular complexity index is 307. The molecule has 0 aliphatic carbocycles. The molecular formula is C12H22N2O3. The molecule has 1 heterocycles. The zero-order valence-electron chi connectivity index (χ0n) is 11.1. The van der Waals surface area contributed by atoms with Crippen LogP contribution in [0.25, 0.3) is 0 Å². The number of hydrogen-bond donors (Lipinski definition) is 1. The molecule has 1 aliphatic rings. The van der Waals surface area contributed by atoms with Gasteiger partial charge < -0.3 is 9.94 Å². The molecule has 1 N–H and O–H groups in total. The second-order valence-corrected chi connectivity index (χ2v) is 5.29. The predicted octanol–water partition coefficient (Wildman–Crippen LogP) is 2.63. The number of rotatable bonds is 1. The minimum Gasteiger partial charge on any atom is -0.444 e. The molecule has 1 fully saturated rings. The normalized spacial score (nSPS) is 23.9. The van der Waals surface area contributed by atoms with E-state index in [-0.39, 0.29) is 12.1 Å². The van der Waals surface area contributed by atoms with Gasteiger partial charge in [0.15, 0.2) is 0 Å². The van der Waals surface area contributed by atoms with Crippen molar-refractivity contribution in [1.29, 1.82) is 0 Å². The zero-order chi connectivity index (χ0) is 13.1. The maximum Gasteiger partial charge on any atom is 0.410 e. The lowest BCUT2D eigenvalue weighted by Gasteiger charge is -2.36. The third-order valence-electron chi connectivity index (χ3n) is 2.74. The lowest BCUT2D eigenvalue weighted by Crippen LogP contribution is -2.50. The van der Waals surface area contributed by atoms with E-state index < -0.39 is 5.60 Å². The summed E-state index contributed by atoms with van der Waals surface area (Å²) >= 11 is 0. The smallest absolute Gasteiger partial charge is 0.410 e. The van der Waals surface area contributed by atoms with Crippen molar-refractivity contribution in [2.45, 2.75) is 58.6 Å². The summed E-state index contributed by atoms with van der Waals surface area (Å²) in [6.45, 7) is 8.16. The number of carbonyl (C=O) groups is 1. The van der Waals surface area contributed by atoms with E-state index in [1.54, 1.807) is 4.90 Å². The molecule has 0 bridgehead atoms. The van der Waals surface area contributed by atoms with Crippen molar-refractivity contribution in [2.75, 3.05) is 6.54 Å². The van der Waals surface area contributed by atoms with E-state index in [9.17, 15) is 4.79 Å². The molecule has 5 nitrogen and oxygen atoms in total. The summed E-state index contributed by atoms with van der Waals surface area (Å²) in [5.74, 6) is 0. The topological polar surface area (TPSA) is 62.1 Å². The fourth-order valence-corrected chi connectivity index (χ4v) is 2.04. The Labute approximate surface area is 102 Å². The summed E-state index contributed by atoms with van der Waals surface area (Å²) in [6, 6.07) is -0.136. The number of hydrogen-bond acceptors (Lipinski definition) is 4. The van der Waals surface area contributed by atoms with Crippen molar-refractivity contribution in [3.8, 4) is 0 Å². The summed E-state index contributed by atoms with van der Waals surface area (Å²) in [4.78, 5) is 13.7. The number of piperidine rings is 1. The van der Waals surface area contributed by atoms with Gasteiger partial charge in [0, 0.05) is 6.54 Å². The summed E-state index contributed by atoms with van der Waals surface area (Å²) in [7, 11) is 0. The highest BCUT2D eigenvalue weighted by Gasteiger charge is 2.33. The van der Waals surface area contributed by atoms with E-state index in [0.29, 0.717) is 12.3 Å². The van der Waals surface area contributed by atoms with Crippen molar-refractivity contribution in [3.05, 3.63) is 0 Å². The van der Waals surface area contributed by atoms with E-state index in [4.69, 9.17) is 9.94 Å². The number of ether oxygens (including phenoxy) is 1. The molecule has 0 radical (unpaired) electrons. The quantitative estimate of drug-likeness (QED) is 0.568. The van der Waals surface area contributed by atoms with Gasteiger partial charge in [-0.1, -0.05) is 12.1 Å². The third-order valence-corrected chi connectivity index (χ3v) is 2.74. The molecule has 0 aromatic carbocycles. The first-order valence-electron chi connectivity index (χ1n) is 6.09. The second-order valence-electron chi connectivity index (χ2n) is 5.29. The number of oxime groups is 1. The van der Waals surface area contributed by atoms with Gasteiger partial charge in [0.05, 0.1) is 11.8 Å². The second kappa shape index (κ2) is 5.38. The maximum atomic E-state index is 12.0. The van der Waals surface area contributed by atoms with Gasteiger partial charge in [0.2, 0.25) is 0 Å². The highest BCUT2D eigenvalue weighted by molar-refractivity contribution is 5.92. The van der Waals surface area contributed by atoms with Crippen LogP contribution in [0.15, 0.2) is 5.16 Å². The lowest BCUT2D eigenvalue weighted by molar-refractivity contribution is 0.0188. The SMILES string of the molecule is CCC1C(=NO)CCCN1C(=O)OC(C)(C)C. The Balaban J connectivity index is 2.77. The molecule has 0 aromatic heterocycles. The summed E-state index contributed by atoms with van der Waals surface area (Å²) in [6.07, 6.45) is 1.97. The third kappa shape index (κ3) is 3.61. The summed E-state index contributed by atoms with van der Waals surface area (Å²) in [5.41, 5.74) is 0.174. The standard InChI is InChI=1S/C12H22N2O3/c1-5-10-9(13-16)7-6-8-14(10)11(15)17-12(2,3)4/h10,16H,5-8H2,1-4H3. The molecule has 1 atom stereocenters. The van der Waals surface area contributed by atoms with E-state index >= 15 is 0 Å². The molecule has 1 aliphatic heterocycles. The fraction of sp³-hybridized carbons (Fsp3) is 0.833. The van der Waals surface area contributed by atoms with Gasteiger partial charge in [-0.05, 0) is 40.0 Å². The van der Waals surface area contributed by atoms with Crippen molar-refractivity contribution in [1.82, 2.24) is 4.90 Å². The van der Waals surface area contributed by atoms with E-state index in [1.807, 2.05) is 27.7 Å². The summed E-state index contributed by atoms with van der Waals surface area (Å²) < 4.78 is 5.35. The number of likely N-dealkylation sites (tertiary alicyclic amines) is 1. The molecule has 0 saturated carbocycles. The van der Waals surface area contributed by atoms with Gasteiger partial charge >= 0.3 is 6.09 Å². The Morgan fingerprint density at radius 1 is 1.59 bits per heavy atom. The van der Waals surface area contributed by atoms with Gasteiger partial charge in [-0.25, -0.2) is 4.79 Å². The van der Waals surface area contributed by atoms with Crippen LogP contribution in [-0.2, 0) is 4.74 Å². The van der Waals surface area contributed by atoms with Crippen LogP contribution in [0.5, 0.6) is 0 Å². The molecule has 0 aromatic rings. The Kier molecular flexibility index (Phi) is 4.37. The zero-order valence-corrected chi connectivity index (χ0v) is 11.1. The van der Waals surface area contributed by atoms with Crippen LogP contribution >= 0.6 is 0 Å². The number of carbonyl (C=O) groups excluding carboxylic acids is 1. The average Bonchev–Trinajstić information content (AvgIpc) is 2.25. The monoisotopic (exact) mass is 242 g/mol. The molecule has 17 heavy (non-hydrogen) atoms. The van der Waals surface area contributed by atoms with Crippen LogP contribution in [0, 0.1) is 0 Å². The molecule has 1 unspecified atom stereocenters. The number of amides is 1. The predicted molar refractivity (Wildman–Crippen MR) is 65.5 cm³/mol. The van der Waals surface area contributed by atoms with Gasteiger partial charge in [-0.15, -0.1) is 0 Å². The molecule has 1 rings (SSSR count). The molecule has 1 amide bonds. The highest BCUT2D eigenvalue weighted by atomic mass is 16.6. The number of nitrogens with zero attached hydrogens (tertiary/aromatic N) is 2. The van der Waals surface area contributed by atoms with Crippen molar-refractivity contribution < 1.29 is 14.7 Å². The van der Waals surface area contributed by atoms with Crippen LogP contribution in [0.4, 0.5) is 4.79 Å². The first-order valence-corrected chi connectivity index (χ1v) is 6.09. The molecular weight excluding hydrogens is 220 g/mol. The van der Waals surface area contributed by atoms with Crippen molar-refractivity contribution in [2.24, 2.45) is 5.16 Å². The molecule has 5 heteroatoms. The van der Waals surface area contributed by atoms with Gasteiger partial charge in [0.1, 0.15) is 5.60 Å². The first-order chi connectivity index (χ1) is 7.89. The van der Waals surface area contributed by atoms with E-state index in [2.05, 4.69) is 5.16 Å². The van der Waals surface area contributed by atoms with Crippen molar-refractivity contribution >= 4 is 11.8 Å². The summed E-state index contributed by atoms with van der Waals surface area (Å²) in [5, 5.41) is 12.2. The molecule has 1 saturated heterocycles. The lowest BCUT2D eigenvalue weighted by atomic mass is 9.98. The average molecular weight is 242 g/mol. The minimum atomic E-state index is -0.497. The largest absolute Gasteiger partial charge is 0.444 e. The van der Waals surface area contributed by atoms with E-state index in [1.165, 1.54) is 0 Å². The van der Waals surface area contributed by atoms with Crippen LogP contribution in [0.2, 0.25) is 0 Å². The van der Waals surface area contributed by atoms with Crippen LogP contribution in [-0.4, -0.2) is 40.1 Å². The van der Waals surface area contributed by atoms with E-state index in [0.717, 1.165) is 19.3 Å². The Morgan fingerprint density at radius 3 is 2.71 bits per heavy atom. The van der Waals surface area contributed by atoms with Crippen molar-refractivity contribution in [3.63, 3.8) is 0 Å². The Hall–Kier alpha value is -1.26. The van der Waals surface area contributed by atoms with Crippen LogP contribution in [0.3, 0.4) is 0 Å². The van der Waals surface area contributed by atoms with Gasteiger partial charge in [0.25, 0.3) is 0 Å². The molecule has 0 spiro atoms. The molecule has 98 valence electrons. The maximum absolute atomic E-state index is 12.0. The van der Waals surface area contributed by atoms with Crippen LogP contribution < -0.4 is 0 Å². The van der Waals surface area contributed by atoms with Gasteiger partial charge in [-0.3, -0.25) is 4.90 Å². The van der Waals surface area contributed by atoms with Crippen LogP contribution in [0.1, 0.15) is 47.0 Å².